The van der Waals surface area contributed by atoms with E-state index < -0.39 is 0 Å². The molecule has 3 rings (SSSR count). The highest BCUT2D eigenvalue weighted by molar-refractivity contribution is 5.76. The summed E-state index contributed by atoms with van der Waals surface area (Å²) in [5, 5.41) is 3.25. The molecule has 28 heavy (non-hydrogen) atoms. The third-order valence-corrected chi connectivity index (χ3v) is 5.88. The van der Waals surface area contributed by atoms with Crippen molar-refractivity contribution in [1.29, 1.82) is 0 Å². The van der Waals surface area contributed by atoms with Crippen molar-refractivity contribution in [1.82, 2.24) is 19.8 Å². The van der Waals surface area contributed by atoms with Crippen molar-refractivity contribution >= 4 is 17.5 Å². The number of nitrogens with one attached hydrogen (secondary N) is 1. The maximum Gasteiger partial charge on any atom is 0.222 e. The Balaban J connectivity index is 1.45. The number of aromatic nitrogens is 2. The first-order chi connectivity index (χ1) is 13.7. The molecule has 2 aliphatic heterocycles. The molecule has 0 radical (unpaired) electrons. The molecule has 2 saturated heterocycles. The van der Waals surface area contributed by atoms with Gasteiger partial charge in [-0.25, -0.2) is 9.97 Å². The lowest BCUT2D eigenvalue weighted by Gasteiger charge is -2.36. The monoisotopic (exact) mass is 388 g/mol. The summed E-state index contributed by atoms with van der Waals surface area (Å²) in [6.07, 6.45) is 6.86. The predicted octanol–water partition coefficient (Wildman–Crippen LogP) is 2.46. The Kier molecular flexibility index (Phi) is 7.89. The van der Waals surface area contributed by atoms with Gasteiger partial charge in [-0.05, 0) is 45.1 Å². The van der Waals surface area contributed by atoms with Crippen LogP contribution in [0.25, 0.3) is 0 Å². The number of carbonyl (C=O) groups excluding carboxylic acids is 1. The van der Waals surface area contributed by atoms with Gasteiger partial charge in [0.1, 0.15) is 18.0 Å². The standard InChI is InChI=1S/C21H36N6O/c1-3-9-25-11-13-26(14-12-25)21(28)8-7-18-6-5-10-27(16-18)20-15-19(22-4-2)23-17-24-20/h15,17-18H,3-14,16H2,1-2H3,(H,22,23,24). The number of nitrogens with zero attached hydrogens (tertiary/aromatic N) is 5. The summed E-state index contributed by atoms with van der Waals surface area (Å²) < 4.78 is 0. The number of piperidine rings is 1. The van der Waals surface area contributed by atoms with E-state index in [-0.39, 0.29) is 0 Å². The van der Waals surface area contributed by atoms with Crippen LogP contribution in [0.4, 0.5) is 11.6 Å². The lowest BCUT2D eigenvalue weighted by atomic mass is 9.93. The molecule has 0 spiro atoms. The highest BCUT2D eigenvalue weighted by Gasteiger charge is 2.24. The van der Waals surface area contributed by atoms with Crippen molar-refractivity contribution in [2.24, 2.45) is 5.92 Å². The molecule has 156 valence electrons. The first kappa shape index (κ1) is 20.8. The molecular formula is C21H36N6O. The molecule has 3 heterocycles. The van der Waals surface area contributed by atoms with Gasteiger partial charge >= 0.3 is 0 Å². The van der Waals surface area contributed by atoms with Crippen LogP contribution in [0.3, 0.4) is 0 Å². The van der Waals surface area contributed by atoms with E-state index in [1.165, 1.54) is 12.8 Å². The van der Waals surface area contributed by atoms with Crippen LogP contribution >= 0.6 is 0 Å². The number of hydrogen-bond donors (Lipinski definition) is 1. The van der Waals surface area contributed by atoms with Gasteiger partial charge in [0, 0.05) is 58.3 Å². The fourth-order valence-electron chi connectivity index (χ4n) is 4.33. The number of anilines is 2. The van der Waals surface area contributed by atoms with Crippen LogP contribution in [-0.2, 0) is 4.79 Å². The zero-order chi connectivity index (χ0) is 19.8. The van der Waals surface area contributed by atoms with Gasteiger partial charge in [0.25, 0.3) is 0 Å². The van der Waals surface area contributed by atoms with Crippen LogP contribution in [0.1, 0.15) is 46.0 Å². The summed E-state index contributed by atoms with van der Waals surface area (Å²) >= 11 is 0. The van der Waals surface area contributed by atoms with E-state index in [0.717, 1.165) is 76.8 Å². The lowest BCUT2D eigenvalue weighted by Crippen LogP contribution is -2.48. The van der Waals surface area contributed by atoms with Crippen LogP contribution < -0.4 is 10.2 Å². The van der Waals surface area contributed by atoms with Crippen LogP contribution in [0.2, 0.25) is 0 Å². The molecule has 1 N–H and O–H groups in total. The highest BCUT2D eigenvalue weighted by atomic mass is 16.2. The largest absolute Gasteiger partial charge is 0.370 e. The maximum absolute atomic E-state index is 12.6. The molecule has 1 aromatic rings. The number of piperazine rings is 1. The van der Waals surface area contributed by atoms with Crippen molar-refractivity contribution in [3.8, 4) is 0 Å². The lowest BCUT2D eigenvalue weighted by molar-refractivity contribution is -0.133. The summed E-state index contributed by atoms with van der Waals surface area (Å²) in [7, 11) is 0. The van der Waals surface area contributed by atoms with Crippen LogP contribution in [-0.4, -0.2) is 78.0 Å². The topological polar surface area (TPSA) is 64.6 Å². The summed E-state index contributed by atoms with van der Waals surface area (Å²) in [5.74, 6) is 2.78. The minimum Gasteiger partial charge on any atom is -0.370 e. The molecule has 0 aromatic carbocycles. The first-order valence-electron chi connectivity index (χ1n) is 11.0. The molecule has 1 unspecified atom stereocenters. The second-order valence-electron chi connectivity index (χ2n) is 8.01. The maximum atomic E-state index is 12.6. The SMILES string of the molecule is CCCN1CCN(C(=O)CCC2CCCN(c3cc(NCC)ncn3)C2)CC1. The van der Waals surface area contributed by atoms with E-state index in [2.05, 4.69) is 43.8 Å². The first-order valence-corrected chi connectivity index (χ1v) is 11.0. The van der Waals surface area contributed by atoms with Gasteiger partial charge < -0.3 is 15.1 Å². The van der Waals surface area contributed by atoms with Crippen molar-refractivity contribution in [3.05, 3.63) is 12.4 Å². The molecule has 0 aliphatic carbocycles. The Hall–Kier alpha value is -1.89. The summed E-state index contributed by atoms with van der Waals surface area (Å²) in [4.78, 5) is 28.3. The number of amides is 1. The molecule has 2 aliphatic rings. The minimum absolute atomic E-state index is 0.338. The molecule has 0 bridgehead atoms. The zero-order valence-corrected chi connectivity index (χ0v) is 17.6. The van der Waals surface area contributed by atoms with Crippen molar-refractivity contribution in [2.75, 3.05) is 62.6 Å². The smallest absolute Gasteiger partial charge is 0.222 e. The molecule has 0 saturated carbocycles. The Morgan fingerprint density at radius 2 is 2.00 bits per heavy atom. The van der Waals surface area contributed by atoms with Crippen molar-refractivity contribution in [2.45, 2.75) is 46.0 Å². The van der Waals surface area contributed by atoms with Crippen molar-refractivity contribution < 1.29 is 4.79 Å². The number of hydrogen-bond acceptors (Lipinski definition) is 6. The minimum atomic E-state index is 0.338. The van der Waals surface area contributed by atoms with Crippen LogP contribution in [0.15, 0.2) is 12.4 Å². The van der Waals surface area contributed by atoms with E-state index in [1.807, 2.05) is 6.07 Å². The van der Waals surface area contributed by atoms with E-state index in [9.17, 15) is 4.79 Å². The van der Waals surface area contributed by atoms with E-state index in [4.69, 9.17) is 0 Å². The normalized spacial score (nSPS) is 21.0. The quantitative estimate of drug-likeness (QED) is 0.738. The summed E-state index contributed by atoms with van der Waals surface area (Å²) in [6.45, 7) is 12.1. The number of carbonyl (C=O) groups is 1. The summed E-state index contributed by atoms with van der Waals surface area (Å²) in [6, 6.07) is 2.03. The van der Waals surface area contributed by atoms with Crippen molar-refractivity contribution in [3.63, 3.8) is 0 Å². The molecule has 7 heteroatoms. The molecular weight excluding hydrogens is 352 g/mol. The van der Waals surface area contributed by atoms with Gasteiger partial charge in [0.05, 0.1) is 0 Å². The fourth-order valence-corrected chi connectivity index (χ4v) is 4.33. The highest BCUT2D eigenvalue weighted by Crippen LogP contribution is 2.25. The molecule has 1 amide bonds. The fraction of sp³-hybridized carbons (Fsp3) is 0.762. The molecule has 7 nitrogen and oxygen atoms in total. The second-order valence-corrected chi connectivity index (χ2v) is 8.01. The van der Waals surface area contributed by atoms with Gasteiger partial charge in [-0.3, -0.25) is 9.69 Å². The second kappa shape index (κ2) is 10.6. The summed E-state index contributed by atoms with van der Waals surface area (Å²) in [5.41, 5.74) is 0. The van der Waals surface area contributed by atoms with Crippen LogP contribution in [0, 0.1) is 5.92 Å². The van der Waals surface area contributed by atoms with E-state index >= 15 is 0 Å². The molecule has 1 atom stereocenters. The third kappa shape index (κ3) is 5.80. The van der Waals surface area contributed by atoms with Gasteiger partial charge in [-0.1, -0.05) is 6.92 Å². The zero-order valence-electron chi connectivity index (χ0n) is 17.6. The van der Waals surface area contributed by atoms with Gasteiger partial charge in [0.15, 0.2) is 0 Å². The Morgan fingerprint density at radius 3 is 2.75 bits per heavy atom. The average Bonchev–Trinajstić information content (AvgIpc) is 2.73. The molecule has 1 aromatic heterocycles. The van der Waals surface area contributed by atoms with Gasteiger partial charge in [-0.2, -0.15) is 0 Å². The Labute approximate surface area is 169 Å². The van der Waals surface area contributed by atoms with E-state index in [1.54, 1.807) is 6.33 Å². The van der Waals surface area contributed by atoms with Gasteiger partial charge in [-0.15, -0.1) is 0 Å². The third-order valence-electron chi connectivity index (χ3n) is 5.88. The Morgan fingerprint density at radius 1 is 1.18 bits per heavy atom. The number of rotatable bonds is 8. The average molecular weight is 389 g/mol. The Bertz CT molecular complexity index is 617. The van der Waals surface area contributed by atoms with E-state index in [0.29, 0.717) is 18.2 Å². The predicted molar refractivity (Wildman–Crippen MR) is 114 cm³/mol. The van der Waals surface area contributed by atoms with Gasteiger partial charge in [0.2, 0.25) is 5.91 Å². The van der Waals surface area contributed by atoms with Crippen LogP contribution in [0.5, 0.6) is 0 Å². The molecule has 2 fully saturated rings.